The van der Waals surface area contributed by atoms with Crippen LogP contribution in [0.25, 0.3) is 0 Å². The van der Waals surface area contributed by atoms with Crippen molar-refractivity contribution in [3.63, 3.8) is 0 Å². The van der Waals surface area contributed by atoms with Crippen molar-refractivity contribution in [1.82, 2.24) is 0 Å². The molecule has 5 heteroatoms. The van der Waals surface area contributed by atoms with Gasteiger partial charge in [0.15, 0.2) is 5.11 Å². The lowest BCUT2D eigenvalue weighted by Crippen LogP contribution is -2.19. The maximum atomic E-state index is 13.2. The lowest BCUT2D eigenvalue weighted by molar-refractivity contribution is 0.619. The van der Waals surface area contributed by atoms with Gasteiger partial charge in [-0.1, -0.05) is 6.07 Å². The molecule has 0 spiro atoms. The fourth-order valence-corrected chi connectivity index (χ4v) is 1.92. The van der Waals surface area contributed by atoms with E-state index in [9.17, 15) is 4.39 Å². The Hall–Kier alpha value is -2.45. The molecule has 0 amide bonds. The van der Waals surface area contributed by atoms with Crippen molar-refractivity contribution in [2.75, 3.05) is 10.6 Å². The van der Waals surface area contributed by atoms with E-state index in [2.05, 4.69) is 16.7 Å². The van der Waals surface area contributed by atoms with Gasteiger partial charge in [-0.2, -0.15) is 5.26 Å². The second-order valence-corrected chi connectivity index (χ2v) is 4.64. The molecule has 100 valence electrons. The van der Waals surface area contributed by atoms with Gasteiger partial charge in [0.2, 0.25) is 0 Å². The summed E-state index contributed by atoms with van der Waals surface area (Å²) in [6.45, 7) is 1.69. The molecule has 20 heavy (non-hydrogen) atoms. The summed E-state index contributed by atoms with van der Waals surface area (Å²) in [6, 6.07) is 13.7. The largest absolute Gasteiger partial charge is 0.332 e. The summed E-state index contributed by atoms with van der Waals surface area (Å²) in [5.41, 5.74) is 2.53. The average molecular weight is 285 g/mol. The first-order chi connectivity index (χ1) is 9.58. The van der Waals surface area contributed by atoms with Crippen molar-refractivity contribution in [2.24, 2.45) is 0 Å². The number of nitrogens with zero attached hydrogens (tertiary/aromatic N) is 1. The molecule has 0 fully saturated rings. The van der Waals surface area contributed by atoms with E-state index in [0.717, 1.165) is 5.69 Å². The Balaban J connectivity index is 2.05. The van der Waals surface area contributed by atoms with Gasteiger partial charge in [0, 0.05) is 11.4 Å². The molecule has 0 aliphatic carbocycles. The van der Waals surface area contributed by atoms with Gasteiger partial charge in [0.1, 0.15) is 5.82 Å². The molecule has 0 atom stereocenters. The molecule has 2 aromatic carbocycles. The summed E-state index contributed by atoms with van der Waals surface area (Å²) in [5, 5.41) is 15.1. The third-order valence-corrected chi connectivity index (χ3v) is 2.87. The number of hydrogen-bond acceptors (Lipinski definition) is 2. The van der Waals surface area contributed by atoms with Gasteiger partial charge in [-0.05, 0) is 61.1 Å². The molecule has 0 aliphatic rings. The molecule has 2 rings (SSSR count). The molecule has 0 unspecified atom stereocenters. The van der Waals surface area contributed by atoms with Crippen molar-refractivity contribution < 1.29 is 4.39 Å². The summed E-state index contributed by atoms with van der Waals surface area (Å²) in [5.74, 6) is -0.254. The summed E-state index contributed by atoms with van der Waals surface area (Å²) >= 11 is 5.17. The van der Waals surface area contributed by atoms with Crippen LogP contribution < -0.4 is 10.6 Å². The van der Waals surface area contributed by atoms with Gasteiger partial charge in [-0.15, -0.1) is 0 Å². The Morgan fingerprint density at radius 1 is 1.15 bits per heavy atom. The Morgan fingerprint density at radius 2 is 1.85 bits per heavy atom. The lowest BCUT2D eigenvalue weighted by Gasteiger charge is -2.11. The molecule has 2 aromatic rings. The highest BCUT2D eigenvalue weighted by Gasteiger charge is 2.02. The van der Waals surface area contributed by atoms with Crippen molar-refractivity contribution in [3.8, 4) is 6.07 Å². The fourth-order valence-electron chi connectivity index (χ4n) is 1.68. The van der Waals surface area contributed by atoms with Crippen LogP contribution in [0.4, 0.5) is 15.8 Å². The number of rotatable bonds is 2. The molecule has 0 saturated heterocycles. The van der Waals surface area contributed by atoms with E-state index >= 15 is 0 Å². The maximum absolute atomic E-state index is 13.2. The van der Waals surface area contributed by atoms with Gasteiger partial charge < -0.3 is 10.6 Å². The quantitative estimate of drug-likeness (QED) is 0.824. The van der Waals surface area contributed by atoms with Crippen LogP contribution in [-0.2, 0) is 0 Å². The van der Waals surface area contributed by atoms with Crippen LogP contribution in [0.2, 0.25) is 0 Å². The monoisotopic (exact) mass is 285 g/mol. The summed E-state index contributed by atoms with van der Waals surface area (Å²) in [6.07, 6.45) is 0. The van der Waals surface area contributed by atoms with Crippen LogP contribution in [-0.4, -0.2) is 5.11 Å². The number of aryl methyl sites for hydroxylation is 1. The number of nitriles is 1. The van der Waals surface area contributed by atoms with Gasteiger partial charge in [0.05, 0.1) is 11.6 Å². The van der Waals surface area contributed by atoms with E-state index in [-0.39, 0.29) is 5.82 Å². The fraction of sp³-hybridized carbons (Fsp3) is 0.0667. The van der Waals surface area contributed by atoms with E-state index in [1.54, 1.807) is 37.3 Å². The Labute approximate surface area is 122 Å². The number of anilines is 2. The van der Waals surface area contributed by atoms with Crippen LogP contribution in [0.15, 0.2) is 42.5 Å². The number of benzene rings is 2. The van der Waals surface area contributed by atoms with Gasteiger partial charge >= 0.3 is 0 Å². The van der Waals surface area contributed by atoms with E-state index < -0.39 is 0 Å². The highest BCUT2D eigenvalue weighted by atomic mass is 32.1. The smallest absolute Gasteiger partial charge is 0.175 e. The number of thiocarbonyl (C=S) groups is 1. The first-order valence-corrected chi connectivity index (χ1v) is 6.33. The van der Waals surface area contributed by atoms with Crippen molar-refractivity contribution in [2.45, 2.75) is 6.92 Å². The third-order valence-electron chi connectivity index (χ3n) is 2.67. The maximum Gasteiger partial charge on any atom is 0.175 e. The molecule has 0 aromatic heterocycles. The van der Waals surface area contributed by atoms with Crippen LogP contribution in [0, 0.1) is 24.1 Å². The zero-order valence-electron chi connectivity index (χ0n) is 10.8. The molecule has 0 aliphatic heterocycles. The summed E-state index contributed by atoms with van der Waals surface area (Å²) in [7, 11) is 0. The second kappa shape index (κ2) is 6.13. The molecule has 0 radical (unpaired) electrons. The molecular formula is C15H12FN3S. The number of nitrogens with one attached hydrogen (secondary N) is 2. The molecule has 0 saturated carbocycles. The molecule has 2 N–H and O–H groups in total. The van der Waals surface area contributed by atoms with Gasteiger partial charge in [0.25, 0.3) is 0 Å². The van der Waals surface area contributed by atoms with Crippen LogP contribution in [0.1, 0.15) is 11.1 Å². The van der Waals surface area contributed by atoms with E-state index in [4.69, 9.17) is 17.5 Å². The predicted octanol–water partition coefficient (Wildman–Crippen LogP) is 3.81. The SMILES string of the molecule is Cc1cc(NC(=S)Nc2cccc(C#N)c2)ccc1F. The first kappa shape index (κ1) is 14.0. The molecule has 0 bridgehead atoms. The zero-order chi connectivity index (χ0) is 14.5. The average Bonchev–Trinajstić information content (AvgIpc) is 2.43. The Kier molecular flexibility index (Phi) is 4.28. The number of hydrogen-bond donors (Lipinski definition) is 2. The van der Waals surface area contributed by atoms with Crippen molar-refractivity contribution in [3.05, 3.63) is 59.4 Å². The third kappa shape index (κ3) is 3.53. The van der Waals surface area contributed by atoms with Crippen LogP contribution in [0.3, 0.4) is 0 Å². The minimum Gasteiger partial charge on any atom is -0.332 e. The minimum absolute atomic E-state index is 0.254. The van der Waals surface area contributed by atoms with E-state index in [1.165, 1.54) is 6.07 Å². The zero-order valence-corrected chi connectivity index (χ0v) is 11.6. The Bertz CT molecular complexity index is 692. The minimum atomic E-state index is -0.254. The van der Waals surface area contributed by atoms with E-state index in [0.29, 0.717) is 21.9 Å². The Morgan fingerprint density at radius 3 is 2.50 bits per heavy atom. The molecule has 0 heterocycles. The van der Waals surface area contributed by atoms with Crippen LogP contribution >= 0.6 is 12.2 Å². The van der Waals surface area contributed by atoms with Crippen molar-refractivity contribution in [1.29, 1.82) is 5.26 Å². The topological polar surface area (TPSA) is 47.8 Å². The summed E-state index contributed by atoms with van der Waals surface area (Å²) in [4.78, 5) is 0. The number of halogens is 1. The molecular weight excluding hydrogens is 273 g/mol. The lowest BCUT2D eigenvalue weighted by atomic mass is 10.2. The first-order valence-electron chi connectivity index (χ1n) is 5.93. The van der Waals surface area contributed by atoms with Crippen molar-refractivity contribution >= 4 is 28.7 Å². The summed E-state index contributed by atoms with van der Waals surface area (Å²) < 4.78 is 13.2. The van der Waals surface area contributed by atoms with Gasteiger partial charge in [-0.25, -0.2) is 4.39 Å². The van der Waals surface area contributed by atoms with Crippen LogP contribution in [0.5, 0.6) is 0 Å². The standard InChI is InChI=1S/C15H12FN3S/c1-10-7-13(5-6-14(10)16)19-15(20)18-12-4-2-3-11(8-12)9-17/h2-8H,1H3,(H2,18,19,20). The van der Waals surface area contributed by atoms with E-state index in [1.807, 2.05) is 6.07 Å². The normalized spacial score (nSPS) is 9.65. The van der Waals surface area contributed by atoms with Gasteiger partial charge in [-0.3, -0.25) is 0 Å². The molecule has 3 nitrogen and oxygen atoms in total. The predicted molar refractivity (Wildman–Crippen MR) is 82.1 cm³/mol. The highest BCUT2D eigenvalue weighted by Crippen LogP contribution is 2.15. The second-order valence-electron chi connectivity index (χ2n) is 4.24. The highest BCUT2D eigenvalue weighted by molar-refractivity contribution is 7.80.